The van der Waals surface area contributed by atoms with Gasteiger partial charge in [0.2, 0.25) is 0 Å². The molecule has 1 aromatic heterocycles. The quantitative estimate of drug-likeness (QED) is 0.579. The Hall–Kier alpha value is -2.11. The number of fused-ring (bicyclic) bond motifs is 1. The summed E-state index contributed by atoms with van der Waals surface area (Å²) < 4.78 is 11.2. The van der Waals surface area contributed by atoms with Crippen LogP contribution in [0.2, 0.25) is 0 Å². The second-order valence-electron chi connectivity index (χ2n) is 5.20. The van der Waals surface area contributed by atoms with Crippen molar-refractivity contribution in [2.24, 2.45) is 5.18 Å². The van der Waals surface area contributed by atoms with Gasteiger partial charge in [-0.25, -0.2) is 9.78 Å². The highest BCUT2D eigenvalue weighted by molar-refractivity contribution is 8.02. The van der Waals surface area contributed by atoms with Crippen molar-refractivity contribution in [3.63, 3.8) is 0 Å². The minimum Gasteiger partial charge on any atom is -0.534 e. The fraction of sp³-hybridized carbons (Fsp3) is 0.286. The fourth-order valence-electron chi connectivity index (χ4n) is 2.50. The number of hydrogen-bond acceptors (Lipinski definition) is 9. The van der Waals surface area contributed by atoms with E-state index in [2.05, 4.69) is 10.2 Å². The Morgan fingerprint density at radius 2 is 2.40 bits per heavy atom. The molecule has 0 saturated carbocycles. The summed E-state index contributed by atoms with van der Waals surface area (Å²) in [6, 6.07) is 3.30. The van der Waals surface area contributed by atoms with Crippen molar-refractivity contribution < 1.29 is 24.3 Å². The van der Waals surface area contributed by atoms with Crippen molar-refractivity contribution in [2.45, 2.75) is 22.5 Å². The Morgan fingerprint density at radius 3 is 3.08 bits per heavy atom. The molecule has 1 atom stereocenters. The van der Waals surface area contributed by atoms with Gasteiger partial charge in [-0.3, -0.25) is 0 Å². The third kappa shape index (κ3) is 3.62. The van der Waals surface area contributed by atoms with Crippen molar-refractivity contribution in [3.8, 4) is 11.5 Å². The lowest BCUT2D eigenvalue weighted by Crippen LogP contribution is -2.40. The third-order valence-electron chi connectivity index (χ3n) is 3.62. The standard InChI is InChI=1S/C14H13BN2O6S2/c1-22-9-3-2-7-4-10(15(20)23-12(7)11(9)13(18)19)25-14-17-8(5-16-21)6-24-14/h2-3,6,10,20H,4-5H2,1H3,(H,18,19)/t10-/m0/s1. The van der Waals surface area contributed by atoms with Crippen LogP contribution < -0.4 is 9.39 Å². The summed E-state index contributed by atoms with van der Waals surface area (Å²) in [7, 11) is 0.180. The van der Waals surface area contributed by atoms with Crippen LogP contribution in [0.1, 0.15) is 21.6 Å². The zero-order valence-corrected chi connectivity index (χ0v) is 14.7. The summed E-state index contributed by atoms with van der Waals surface area (Å²) in [5.74, 6) is -0.880. The smallest absolute Gasteiger partial charge is 0.534 e. The number of benzene rings is 1. The highest BCUT2D eigenvalue weighted by Crippen LogP contribution is 2.40. The predicted molar refractivity (Wildman–Crippen MR) is 93.5 cm³/mol. The normalized spacial score (nSPS) is 16.1. The lowest BCUT2D eigenvalue weighted by atomic mass is 9.77. The summed E-state index contributed by atoms with van der Waals surface area (Å²) in [5, 5.41) is 23.9. The van der Waals surface area contributed by atoms with E-state index >= 15 is 0 Å². The molecule has 0 saturated heterocycles. The monoisotopic (exact) mass is 380 g/mol. The van der Waals surface area contributed by atoms with E-state index in [4.69, 9.17) is 9.39 Å². The van der Waals surface area contributed by atoms with E-state index in [1.807, 2.05) is 0 Å². The highest BCUT2D eigenvalue weighted by atomic mass is 32.2. The van der Waals surface area contributed by atoms with E-state index in [-0.39, 0.29) is 28.8 Å². The molecule has 0 radical (unpaired) electrons. The van der Waals surface area contributed by atoms with E-state index < -0.39 is 13.1 Å². The first-order valence-electron chi connectivity index (χ1n) is 7.21. The van der Waals surface area contributed by atoms with E-state index in [0.29, 0.717) is 22.0 Å². The maximum Gasteiger partial charge on any atom is 0.537 e. The molecule has 2 N–H and O–H groups in total. The SMILES string of the molecule is COc1ccc2c(c1C(=O)O)OB(O)[C@@H](Sc1nc(CN=O)cs1)C2. The van der Waals surface area contributed by atoms with Gasteiger partial charge in [-0.05, 0) is 18.1 Å². The van der Waals surface area contributed by atoms with Crippen molar-refractivity contribution >= 4 is 36.2 Å². The number of rotatable bonds is 6. The summed E-state index contributed by atoms with van der Waals surface area (Å²) in [6.45, 7) is 0.00534. The molecule has 0 spiro atoms. The van der Waals surface area contributed by atoms with Gasteiger partial charge in [-0.1, -0.05) is 23.0 Å². The number of nitrogens with zero attached hydrogens (tertiary/aromatic N) is 2. The maximum absolute atomic E-state index is 11.5. The number of carboxylic acids is 1. The number of aromatic carboxylic acids is 1. The molecular formula is C14H13BN2O6S2. The zero-order chi connectivity index (χ0) is 18.0. The van der Waals surface area contributed by atoms with E-state index in [1.54, 1.807) is 17.5 Å². The summed E-state index contributed by atoms with van der Waals surface area (Å²) in [6.07, 6.45) is 0.409. The van der Waals surface area contributed by atoms with Crippen LogP contribution in [0.5, 0.6) is 11.5 Å². The molecule has 0 unspecified atom stereocenters. The predicted octanol–water partition coefficient (Wildman–Crippen LogP) is 2.23. The van der Waals surface area contributed by atoms with Gasteiger partial charge in [-0.2, -0.15) is 4.91 Å². The van der Waals surface area contributed by atoms with Gasteiger partial charge in [0.25, 0.3) is 0 Å². The van der Waals surface area contributed by atoms with Crippen LogP contribution in [0.15, 0.2) is 27.0 Å². The van der Waals surface area contributed by atoms with Crippen LogP contribution in [0.3, 0.4) is 0 Å². The Labute approximate surface area is 151 Å². The van der Waals surface area contributed by atoms with E-state index in [9.17, 15) is 19.8 Å². The van der Waals surface area contributed by atoms with Crippen LogP contribution in [0.4, 0.5) is 0 Å². The molecule has 2 aromatic rings. The molecule has 25 heavy (non-hydrogen) atoms. The second-order valence-corrected chi connectivity index (χ2v) is 7.54. The number of nitroso groups, excluding NO2 is 1. The second kappa shape index (κ2) is 7.42. The fourth-order valence-corrected chi connectivity index (χ4v) is 4.64. The molecule has 8 nitrogen and oxygen atoms in total. The van der Waals surface area contributed by atoms with Crippen molar-refractivity contribution in [3.05, 3.63) is 39.2 Å². The topological polar surface area (TPSA) is 118 Å². The van der Waals surface area contributed by atoms with Gasteiger partial charge < -0.3 is 19.5 Å². The molecule has 2 heterocycles. The third-order valence-corrected chi connectivity index (χ3v) is 5.88. The molecule has 0 aliphatic carbocycles. The maximum atomic E-state index is 11.5. The van der Waals surface area contributed by atoms with Crippen LogP contribution in [0.25, 0.3) is 0 Å². The highest BCUT2D eigenvalue weighted by Gasteiger charge is 2.39. The zero-order valence-electron chi connectivity index (χ0n) is 13.0. The molecule has 3 rings (SSSR count). The molecule has 1 aliphatic heterocycles. The molecule has 0 bridgehead atoms. The summed E-state index contributed by atoms with van der Waals surface area (Å²) in [4.78, 5) is 26.1. The van der Waals surface area contributed by atoms with E-state index in [1.165, 1.54) is 30.2 Å². The van der Waals surface area contributed by atoms with Gasteiger partial charge in [-0.15, -0.1) is 11.3 Å². The van der Waals surface area contributed by atoms with Crippen LogP contribution in [-0.4, -0.2) is 40.5 Å². The minimum absolute atomic E-state index is 0.00534. The number of thiazole rings is 1. The molecule has 130 valence electrons. The van der Waals surface area contributed by atoms with Crippen molar-refractivity contribution in [2.75, 3.05) is 7.11 Å². The molecule has 1 aromatic carbocycles. The Morgan fingerprint density at radius 1 is 1.60 bits per heavy atom. The van der Waals surface area contributed by atoms with Gasteiger partial charge in [0, 0.05) is 5.38 Å². The molecular weight excluding hydrogens is 367 g/mol. The Balaban J connectivity index is 1.84. The molecule has 11 heteroatoms. The first-order valence-corrected chi connectivity index (χ1v) is 8.97. The number of carbonyl (C=O) groups is 1. The van der Waals surface area contributed by atoms with Crippen LogP contribution in [-0.2, 0) is 13.0 Å². The number of carboxylic acid groups (broad SMARTS) is 1. The largest absolute Gasteiger partial charge is 0.537 e. The van der Waals surface area contributed by atoms with Gasteiger partial charge >= 0.3 is 13.1 Å². The van der Waals surface area contributed by atoms with Gasteiger partial charge in [0.05, 0.1) is 18.0 Å². The number of ether oxygens (including phenoxy) is 1. The Bertz CT molecular complexity index is 815. The number of aromatic nitrogens is 1. The van der Waals surface area contributed by atoms with Crippen molar-refractivity contribution in [1.82, 2.24) is 4.98 Å². The summed E-state index contributed by atoms with van der Waals surface area (Å²) in [5.41, 5.74) is 1.15. The first kappa shape index (κ1) is 17.7. The molecule has 0 amide bonds. The minimum atomic E-state index is -1.20. The average Bonchev–Trinajstić information content (AvgIpc) is 3.02. The van der Waals surface area contributed by atoms with E-state index in [0.717, 1.165) is 0 Å². The lowest BCUT2D eigenvalue weighted by Gasteiger charge is -2.28. The number of hydrogen-bond donors (Lipinski definition) is 2. The van der Waals surface area contributed by atoms with Crippen LogP contribution in [0, 0.1) is 4.91 Å². The van der Waals surface area contributed by atoms with Gasteiger partial charge in [0.1, 0.15) is 27.9 Å². The summed E-state index contributed by atoms with van der Waals surface area (Å²) >= 11 is 2.67. The Kier molecular flexibility index (Phi) is 5.26. The molecule has 0 fully saturated rings. The number of thioether (sulfide) groups is 1. The van der Waals surface area contributed by atoms with Crippen LogP contribution >= 0.6 is 23.1 Å². The molecule has 1 aliphatic rings. The number of methoxy groups -OCH3 is 1. The lowest BCUT2D eigenvalue weighted by molar-refractivity contribution is 0.0690. The first-order chi connectivity index (χ1) is 12.0. The van der Waals surface area contributed by atoms with Crippen molar-refractivity contribution in [1.29, 1.82) is 0 Å². The average molecular weight is 380 g/mol. The van der Waals surface area contributed by atoms with Gasteiger partial charge in [0.15, 0.2) is 0 Å².